The summed E-state index contributed by atoms with van der Waals surface area (Å²) in [6.07, 6.45) is 0.770. The monoisotopic (exact) mass is 268 g/mol. The molecule has 0 bridgehead atoms. The van der Waals surface area contributed by atoms with Crippen LogP contribution in [0.5, 0.6) is 5.75 Å². The van der Waals surface area contributed by atoms with Gasteiger partial charge in [-0.2, -0.15) is 0 Å². The highest BCUT2D eigenvalue weighted by Crippen LogP contribution is 2.35. The molecule has 1 rings (SSSR count). The van der Waals surface area contributed by atoms with Gasteiger partial charge >= 0.3 is 5.69 Å². The minimum absolute atomic E-state index is 0.0198. The number of nitro groups is 1. The van der Waals surface area contributed by atoms with Crippen LogP contribution in [0.25, 0.3) is 0 Å². The fourth-order valence-electron chi connectivity index (χ4n) is 1.73. The second kappa shape index (κ2) is 7.58. The van der Waals surface area contributed by atoms with Crippen LogP contribution in [0.15, 0.2) is 18.2 Å². The van der Waals surface area contributed by atoms with Crippen molar-refractivity contribution in [2.75, 3.05) is 25.6 Å². The van der Waals surface area contributed by atoms with E-state index < -0.39 is 4.92 Å². The Labute approximate surface area is 112 Å². The molecule has 1 atom stereocenters. The third kappa shape index (κ3) is 4.40. The van der Waals surface area contributed by atoms with Crippen molar-refractivity contribution >= 4 is 11.4 Å². The molecule has 6 nitrogen and oxygen atoms in total. The Balaban J connectivity index is 2.93. The molecule has 1 aromatic rings. The van der Waals surface area contributed by atoms with E-state index >= 15 is 0 Å². The molecule has 0 aliphatic carbocycles. The topological polar surface area (TPSA) is 73.6 Å². The van der Waals surface area contributed by atoms with Crippen LogP contribution in [0.3, 0.4) is 0 Å². The Kier molecular flexibility index (Phi) is 6.08. The third-order valence-corrected chi connectivity index (χ3v) is 2.64. The molecule has 0 saturated carbocycles. The van der Waals surface area contributed by atoms with Crippen molar-refractivity contribution in [1.29, 1.82) is 0 Å². The number of benzene rings is 1. The van der Waals surface area contributed by atoms with Crippen LogP contribution in [-0.4, -0.2) is 31.3 Å². The third-order valence-electron chi connectivity index (χ3n) is 2.64. The number of ether oxygens (including phenoxy) is 2. The van der Waals surface area contributed by atoms with E-state index in [1.807, 2.05) is 6.92 Å². The number of nitrogens with zero attached hydrogens (tertiary/aromatic N) is 1. The van der Waals surface area contributed by atoms with Crippen molar-refractivity contribution in [2.24, 2.45) is 0 Å². The first kappa shape index (κ1) is 15.2. The van der Waals surface area contributed by atoms with E-state index in [0.29, 0.717) is 18.9 Å². The quantitative estimate of drug-likeness (QED) is 0.579. The smallest absolute Gasteiger partial charge is 0.333 e. The van der Waals surface area contributed by atoms with Crippen LogP contribution in [0.2, 0.25) is 0 Å². The minimum Gasteiger partial charge on any atom is -0.487 e. The van der Waals surface area contributed by atoms with Crippen molar-refractivity contribution in [1.82, 2.24) is 0 Å². The molecule has 19 heavy (non-hydrogen) atoms. The minimum atomic E-state index is -0.420. The molecule has 1 N–H and O–H groups in total. The van der Waals surface area contributed by atoms with E-state index in [1.165, 1.54) is 0 Å². The molecule has 0 spiro atoms. The van der Waals surface area contributed by atoms with Crippen LogP contribution >= 0.6 is 0 Å². The number of nitro benzene ring substituents is 1. The van der Waals surface area contributed by atoms with Crippen LogP contribution in [-0.2, 0) is 4.74 Å². The predicted octanol–water partition coefficient (Wildman–Crippen LogP) is 2.83. The fourth-order valence-corrected chi connectivity index (χ4v) is 1.73. The Bertz CT molecular complexity index is 423. The molecular weight excluding hydrogens is 248 g/mol. The van der Waals surface area contributed by atoms with E-state index in [1.54, 1.807) is 32.2 Å². The number of hydrogen-bond acceptors (Lipinski definition) is 5. The first-order valence-electron chi connectivity index (χ1n) is 6.25. The lowest BCUT2D eigenvalue weighted by Gasteiger charge is -2.16. The zero-order valence-corrected chi connectivity index (χ0v) is 11.5. The largest absolute Gasteiger partial charge is 0.487 e. The van der Waals surface area contributed by atoms with Crippen molar-refractivity contribution < 1.29 is 14.4 Å². The molecule has 6 heteroatoms. The SMILES string of the molecule is CCOc1cccc(NC(C)CCOC)c1[N+](=O)[O-]. The van der Waals surface area contributed by atoms with E-state index in [9.17, 15) is 10.1 Å². The highest BCUT2D eigenvalue weighted by molar-refractivity contribution is 5.68. The van der Waals surface area contributed by atoms with Crippen LogP contribution < -0.4 is 10.1 Å². The molecule has 0 heterocycles. The van der Waals surface area contributed by atoms with Gasteiger partial charge in [-0.25, -0.2) is 0 Å². The predicted molar refractivity (Wildman–Crippen MR) is 73.8 cm³/mol. The van der Waals surface area contributed by atoms with Gasteiger partial charge in [0.05, 0.1) is 11.5 Å². The molecular formula is C13H20N2O4. The number of methoxy groups -OCH3 is 1. The highest BCUT2D eigenvalue weighted by Gasteiger charge is 2.21. The Morgan fingerprint density at radius 2 is 2.21 bits per heavy atom. The van der Waals surface area contributed by atoms with Crippen LogP contribution in [0.1, 0.15) is 20.3 Å². The van der Waals surface area contributed by atoms with Gasteiger partial charge in [-0.1, -0.05) is 6.07 Å². The Morgan fingerprint density at radius 1 is 1.47 bits per heavy atom. The standard InChI is InChI=1S/C13H20N2O4/c1-4-19-12-7-5-6-11(13(12)15(16)17)14-10(2)8-9-18-3/h5-7,10,14H,4,8-9H2,1-3H3. The first-order valence-corrected chi connectivity index (χ1v) is 6.25. The number of para-hydroxylation sites is 1. The zero-order chi connectivity index (χ0) is 14.3. The highest BCUT2D eigenvalue weighted by atomic mass is 16.6. The summed E-state index contributed by atoms with van der Waals surface area (Å²) in [5.74, 6) is 0.288. The van der Waals surface area contributed by atoms with E-state index in [-0.39, 0.29) is 17.5 Å². The molecule has 0 fully saturated rings. The lowest BCUT2D eigenvalue weighted by Crippen LogP contribution is -2.18. The van der Waals surface area contributed by atoms with Gasteiger partial charge in [0.1, 0.15) is 5.69 Å². The van der Waals surface area contributed by atoms with Gasteiger partial charge in [0.15, 0.2) is 5.75 Å². The molecule has 0 aromatic heterocycles. The molecule has 0 radical (unpaired) electrons. The van der Waals surface area contributed by atoms with Crippen molar-refractivity contribution in [3.63, 3.8) is 0 Å². The summed E-state index contributed by atoms with van der Waals surface area (Å²) in [6, 6.07) is 5.11. The van der Waals surface area contributed by atoms with Gasteiger partial charge in [-0.05, 0) is 32.4 Å². The maximum Gasteiger partial charge on any atom is 0.333 e. The number of nitrogens with one attached hydrogen (secondary N) is 1. The lowest BCUT2D eigenvalue weighted by molar-refractivity contribution is -0.385. The number of anilines is 1. The van der Waals surface area contributed by atoms with Crippen LogP contribution in [0, 0.1) is 10.1 Å². The van der Waals surface area contributed by atoms with Gasteiger partial charge in [-0.3, -0.25) is 10.1 Å². The molecule has 1 unspecified atom stereocenters. The average molecular weight is 268 g/mol. The summed E-state index contributed by atoms with van der Waals surface area (Å²) >= 11 is 0. The molecule has 0 aliphatic heterocycles. The van der Waals surface area contributed by atoms with Crippen molar-refractivity contribution in [2.45, 2.75) is 26.3 Å². The first-order chi connectivity index (χ1) is 9.10. The Morgan fingerprint density at radius 3 is 2.79 bits per heavy atom. The zero-order valence-electron chi connectivity index (χ0n) is 11.5. The van der Waals surface area contributed by atoms with Gasteiger partial charge in [-0.15, -0.1) is 0 Å². The maximum atomic E-state index is 11.2. The summed E-state index contributed by atoms with van der Waals surface area (Å²) in [5, 5.41) is 14.3. The summed E-state index contributed by atoms with van der Waals surface area (Å²) < 4.78 is 10.3. The second-order valence-corrected chi connectivity index (χ2v) is 4.17. The molecule has 0 saturated heterocycles. The van der Waals surface area contributed by atoms with Crippen molar-refractivity contribution in [3.8, 4) is 5.75 Å². The normalized spacial score (nSPS) is 11.9. The second-order valence-electron chi connectivity index (χ2n) is 4.17. The van der Waals surface area contributed by atoms with Gasteiger partial charge in [0.2, 0.25) is 0 Å². The van der Waals surface area contributed by atoms with Gasteiger partial charge < -0.3 is 14.8 Å². The number of rotatable bonds is 8. The average Bonchev–Trinajstić information content (AvgIpc) is 2.36. The maximum absolute atomic E-state index is 11.2. The van der Waals surface area contributed by atoms with E-state index in [4.69, 9.17) is 9.47 Å². The molecule has 0 aliphatic rings. The van der Waals surface area contributed by atoms with E-state index in [0.717, 1.165) is 6.42 Å². The summed E-state index contributed by atoms with van der Waals surface area (Å²) in [4.78, 5) is 10.8. The molecule has 1 aromatic carbocycles. The fraction of sp³-hybridized carbons (Fsp3) is 0.538. The van der Waals surface area contributed by atoms with E-state index in [2.05, 4.69) is 5.32 Å². The van der Waals surface area contributed by atoms with Gasteiger partial charge in [0.25, 0.3) is 0 Å². The summed E-state index contributed by atoms with van der Waals surface area (Å²) in [7, 11) is 1.63. The summed E-state index contributed by atoms with van der Waals surface area (Å²) in [5.41, 5.74) is 0.452. The molecule has 106 valence electrons. The Hall–Kier alpha value is -1.82. The van der Waals surface area contributed by atoms with Gasteiger partial charge in [0, 0.05) is 19.8 Å². The number of hydrogen-bond donors (Lipinski definition) is 1. The van der Waals surface area contributed by atoms with Crippen molar-refractivity contribution in [3.05, 3.63) is 28.3 Å². The summed E-state index contributed by atoms with van der Waals surface area (Å²) in [6.45, 7) is 4.75. The molecule has 0 amide bonds. The lowest BCUT2D eigenvalue weighted by atomic mass is 10.2. The van der Waals surface area contributed by atoms with Crippen LogP contribution in [0.4, 0.5) is 11.4 Å².